The van der Waals surface area contributed by atoms with E-state index in [9.17, 15) is 35.9 Å². The first-order valence-electron chi connectivity index (χ1n) is 12.2. The molecule has 0 fully saturated rings. The Balaban J connectivity index is 1.55. The van der Waals surface area contributed by atoms with Gasteiger partial charge in [0.05, 0.1) is 41.0 Å². The molecule has 0 unspecified atom stereocenters. The Bertz CT molecular complexity index is 1770. The summed E-state index contributed by atoms with van der Waals surface area (Å²) in [6.07, 6.45) is -0.392. The van der Waals surface area contributed by atoms with Crippen LogP contribution in [0, 0.1) is 11.0 Å². The fraction of sp³-hybridized carbons (Fsp3) is 0.250. The van der Waals surface area contributed by atoms with Gasteiger partial charge < -0.3 is 14.5 Å². The maximum atomic E-state index is 15.3. The summed E-state index contributed by atoms with van der Waals surface area (Å²) in [5, 5.41) is 22.8. The van der Waals surface area contributed by atoms with Crippen molar-refractivity contribution >= 4 is 11.6 Å². The Hall–Kier alpha value is -4.65. The Kier molecular flexibility index (Phi) is 8.51. The number of pyridine rings is 1. The number of rotatable bonds is 10. The molecule has 5 rings (SSSR count). The molecule has 11 nitrogen and oxygen atoms in total. The second-order valence-corrected chi connectivity index (χ2v) is 9.33. The van der Waals surface area contributed by atoms with Gasteiger partial charge in [0.2, 0.25) is 5.69 Å². The van der Waals surface area contributed by atoms with Crippen molar-refractivity contribution in [1.82, 2.24) is 39.3 Å². The van der Waals surface area contributed by atoms with Crippen molar-refractivity contribution in [3.8, 4) is 28.3 Å². The summed E-state index contributed by atoms with van der Waals surface area (Å²) in [5.74, 6) is -1.39. The van der Waals surface area contributed by atoms with Crippen molar-refractivity contribution in [3.63, 3.8) is 0 Å². The molecule has 0 aliphatic carbocycles. The van der Waals surface area contributed by atoms with Crippen LogP contribution < -0.4 is 4.73 Å². The van der Waals surface area contributed by atoms with Crippen LogP contribution in [0.4, 0.5) is 35.1 Å². The zero-order chi connectivity index (χ0) is 31.8. The number of imidazole rings is 1. The average Bonchev–Trinajstić information content (AvgIpc) is 3.73. The first-order chi connectivity index (χ1) is 20.8. The molecular weight excluding hydrogens is 634 g/mol. The second kappa shape index (κ2) is 12.2. The molecule has 44 heavy (non-hydrogen) atoms. The lowest BCUT2D eigenvalue weighted by atomic mass is 10.0. The molecule has 0 aliphatic rings. The summed E-state index contributed by atoms with van der Waals surface area (Å²) < 4.78 is 114. The summed E-state index contributed by atoms with van der Waals surface area (Å²) in [4.78, 5) is 7.77. The molecular formula is C24H16ClF8N9O2. The minimum absolute atomic E-state index is 0.0756. The minimum Gasteiger partial charge on any atom is -0.618 e. The summed E-state index contributed by atoms with van der Waals surface area (Å²) >= 11 is 5.93. The Labute approximate surface area is 245 Å². The second-order valence-electron chi connectivity index (χ2n) is 8.92. The van der Waals surface area contributed by atoms with Crippen molar-refractivity contribution in [2.45, 2.75) is 31.8 Å². The van der Waals surface area contributed by atoms with Gasteiger partial charge in [0.1, 0.15) is 18.1 Å². The molecule has 1 aromatic carbocycles. The van der Waals surface area contributed by atoms with E-state index in [2.05, 4.69) is 30.1 Å². The maximum Gasteiger partial charge on any atom is 0.436 e. The highest BCUT2D eigenvalue weighted by molar-refractivity contribution is 6.31. The van der Waals surface area contributed by atoms with Crippen molar-refractivity contribution in [2.24, 2.45) is 0 Å². The third-order valence-electron chi connectivity index (χ3n) is 6.26. The highest BCUT2D eigenvalue weighted by atomic mass is 35.5. The zero-order valence-corrected chi connectivity index (χ0v) is 22.3. The van der Waals surface area contributed by atoms with E-state index in [4.69, 9.17) is 11.6 Å². The van der Waals surface area contributed by atoms with Gasteiger partial charge in [-0.1, -0.05) is 16.8 Å². The van der Waals surface area contributed by atoms with E-state index in [1.54, 1.807) is 0 Å². The molecule has 0 amide bonds. The van der Waals surface area contributed by atoms with E-state index in [-0.39, 0.29) is 45.2 Å². The Morgan fingerprint density at radius 2 is 1.82 bits per heavy atom. The molecule has 232 valence electrons. The van der Waals surface area contributed by atoms with Crippen LogP contribution in [-0.4, -0.2) is 52.5 Å². The van der Waals surface area contributed by atoms with E-state index < -0.39 is 48.5 Å². The van der Waals surface area contributed by atoms with Gasteiger partial charge in [0, 0.05) is 18.7 Å². The number of hydrogen-bond donors (Lipinski definition) is 0. The fourth-order valence-corrected chi connectivity index (χ4v) is 4.49. The topological polar surface area (TPSA) is 115 Å². The number of halogens is 9. The van der Waals surface area contributed by atoms with Crippen LogP contribution in [-0.2, 0) is 10.9 Å². The first-order valence-corrected chi connectivity index (χ1v) is 12.6. The molecule has 0 radical (unpaired) electrons. The molecule has 5 aromatic rings. The van der Waals surface area contributed by atoms with Crippen LogP contribution in [0.1, 0.15) is 30.4 Å². The van der Waals surface area contributed by atoms with E-state index in [1.165, 1.54) is 29.0 Å². The smallest absolute Gasteiger partial charge is 0.436 e. The molecule has 0 saturated carbocycles. The van der Waals surface area contributed by atoms with Crippen molar-refractivity contribution in [3.05, 3.63) is 82.9 Å². The molecule has 4 aromatic heterocycles. The molecule has 0 aliphatic heterocycles. The average molecular weight is 650 g/mol. The summed E-state index contributed by atoms with van der Waals surface area (Å²) in [5.41, 5.74) is -2.29. The lowest BCUT2D eigenvalue weighted by Crippen LogP contribution is -2.35. The third kappa shape index (κ3) is 6.18. The molecule has 1 atom stereocenters. The number of hydrogen-bond acceptors (Lipinski definition) is 7. The molecule has 0 bridgehead atoms. The van der Waals surface area contributed by atoms with E-state index in [0.717, 1.165) is 24.9 Å². The van der Waals surface area contributed by atoms with E-state index in [0.29, 0.717) is 15.6 Å². The van der Waals surface area contributed by atoms with E-state index >= 15 is 4.39 Å². The number of ether oxygens (including phenoxy) is 1. The predicted octanol–water partition coefficient (Wildman–Crippen LogP) is 5.45. The molecule has 4 heterocycles. The van der Waals surface area contributed by atoms with Gasteiger partial charge in [0.15, 0.2) is 23.5 Å². The summed E-state index contributed by atoms with van der Waals surface area (Å²) in [6.45, 7) is -6.72. The third-order valence-corrected chi connectivity index (χ3v) is 6.55. The van der Waals surface area contributed by atoms with Crippen LogP contribution in [0.2, 0.25) is 5.02 Å². The molecule has 20 heteroatoms. The number of aromatic nitrogens is 9. The highest BCUT2D eigenvalue weighted by Crippen LogP contribution is 2.35. The standard InChI is InChI=1S/C24H16ClF8N9O2/c25-13-2-4-17(40-9-18(37-38-40)24(31,32)33)19(20(13)26)12-1-3-16(41(43)7-12)15(5-6-44-23(29)30)39-8-14(35-11-39)21-34-10-36-42(21)22(27)28/h1-4,7-11,15,22-23H,5-6H2/t15-/m0/s1. The summed E-state index contributed by atoms with van der Waals surface area (Å²) in [6, 6.07) is 3.64. The fourth-order valence-electron chi connectivity index (χ4n) is 4.33. The van der Waals surface area contributed by atoms with Crippen LogP contribution >= 0.6 is 11.6 Å². The van der Waals surface area contributed by atoms with Crippen molar-refractivity contribution in [2.75, 3.05) is 6.61 Å². The van der Waals surface area contributed by atoms with Crippen LogP contribution in [0.15, 0.2) is 55.5 Å². The predicted molar refractivity (Wildman–Crippen MR) is 133 cm³/mol. The Morgan fingerprint density at radius 1 is 1.05 bits per heavy atom. The molecule has 0 saturated heterocycles. The van der Waals surface area contributed by atoms with Gasteiger partial charge in [-0.3, -0.25) is 0 Å². The molecule has 0 spiro atoms. The highest BCUT2D eigenvalue weighted by Gasteiger charge is 2.35. The minimum atomic E-state index is -4.84. The van der Waals surface area contributed by atoms with Crippen LogP contribution in [0.5, 0.6) is 0 Å². The van der Waals surface area contributed by atoms with Gasteiger partial charge in [-0.2, -0.15) is 45.2 Å². The zero-order valence-electron chi connectivity index (χ0n) is 21.6. The normalized spacial score (nSPS) is 12.9. The monoisotopic (exact) mass is 649 g/mol. The Morgan fingerprint density at radius 3 is 2.48 bits per heavy atom. The maximum absolute atomic E-state index is 15.3. The van der Waals surface area contributed by atoms with Crippen LogP contribution in [0.25, 0.3) is 28.3 Å². The van der Waals surface area contributed by atoms with E-state index in [1.807, 2.05) is 0 Å². The summed E-state index contributed by atoms with van der Waals surface area (Å²) in [7, 11) is 0. The van der Waals surface area contributed by atoms with Gasteiger partial charge in [-0.15, -0.1) is 5.10 Å². The van der Waals surface area contributed by atoms with Gasteiger partial charge in [-0.25, -0.2) is 19.0 Å². The first kappa shape index (κ1) is 30.8. The number of nitrogens with zero attached hydrogens (tertiary/aromatic N) is 9. The van der Waals surface area contributed by atoms with Gasteiger partial charge in [-0.05, 0) is 18.2 Å². The van der Waals surface area contributed by atoms with Gasteiger partial charge in [0.25, 0.3) is 0 Å². The number of alkyl halides is 7. The number of benzene rings is 1. The quantitative estimate of drug-likeness (QED) is 0.112. The lowest BCUT2D eigenvalue weighted by molar-refractivity contribution is -0.615. The molecule has 0 N–H and O–H groups in total. The van der Waals surface area contributed by atoms with Gasteiger partial charge >= 0.3 is 19.3 Å². The largest absolute Gasteiger partial charge is 0.618 e. The van der Waals surface area contributed by atoms with Crippen molar-refractivity contribution < 1.29 is 44.6 Å². The van der Waals surface area contributed by atoms with Crippen LogP contribution in [0.3, 0.4) is 0 Å². The van der Waals surface area contributed by atoms with Crippen molar-refractivity contribution in [1.29, 1.82) is 0 Å². The SMILES string of the molecule is [O-][n+]1cc(-c2c(-n3cc(C(F)(F)F)nn3)ccc(Cl)c2F)ccc1[C@H](CCOC(F)F)n1cnc(-c2ncnn2C(F)F)c1. The lowest BCUT2D eigenvalue weighted by Gasteiger charge is -2.19.